The number of halogens is 1. The number of carbonyl (C=O) groups excluding carboxylic acids is 2. The first kappa shape index (κ1) is 21.3. The van der Waals surface area contributed by atoms with Crippen molar-refractivity contribution in [3.8, 4) is 5.75 Å². The molecule has 1 atom stereocenters. The molecule has 1 aliphatic rings. The summed E-state index contributed by atoms with van der Waals surface area (Å²) in [5.41, 5.74) is 1.20. The number of Topliss-reactive ketones (excluding diaryl/α,β-unsaturated/α-hetero) is 1. The third-order valence-electron chi connectivity index (χ3n) is 5.25. The maximum absolute atomic E-state index is 13.9. The highest BCUT2D eigenvalue weighted by molar-refractivity contribution is 6.51. The van der Waals surface area contributed by atoms with Crippen LogP contribution in [0.3, 0.4) is 0 Å². The number of ether oxygens (including phenoxy) is 1. The van der Waals surface area contributed by atoms with Gasteiger partial charge in [-0.15, -0.1) is 0 Å². The zero-order chi connectivity index (χ0) is 22.7. The van der Waals surface area contributed by atoms with Gasteiger partial charge in [0.1, 0.15) is 17.3 Å². The molecule has 0 spiro atoms. The van der Waals surface area contributed by atoms with E-state index in [2.05, 4.69) is 0 Å². The van der Waals surface area contributed by atoms with Crippen LogP contribution in [-0.2, 0) is 9.59 Å². The molecule has 1 aliphatic heterocycles. The number of hydrogen-bond donors (Lipinski definition) is 1. The predicted octanol–water partition coefficient (Wildman–Crippen LogP) is 5.24. The molecule has 1 unspecified atom stereocenters. The molecule has 1 heterocycles. The van der Waals surface area contributed by atoms with E-state index in [0.29, 0.717) is 23.5 Å². The largest absolute Gasteiger partial charge is 0.507 e. The van der Waals surface area contributed by atoms with Crippen LogP contribution in [0.25, 0.3) is 5.76 Å². The topological polar surface area (TPSA) is 66.8 Å². The number of hydrogen-bond acceptors (Lipinski definition) is 4. The van der Waals surface area contributed by atoms with Gasteiger partial charge >= 0.3 is 0 Å². The molecule has 5 nitrogen and oxygen atoms in total. The van der Waals surface area contributed by atoms with E-state index in [1.54, 1.807) is 54.6 Å². The summed E-state index contributed by atoms with van der Waals surface area (Å²) >= 11 is 0. The van der Waals surface area contributed by atoms with Crippen LogP contribution < -0.4 is 9.64 Å². The molecule has 0 saturated carbocycles. The lowest BCUT2D eigenvalue weighted by Gasteiger charge is -2.25. The second kappa shape index (κ2) is 9.06. The van der Waals surface area contributed by atoms with Gasteiger partial charge in [-0.25, -0.2) is 4.39 Å². The monoisotopic (exact) mass is 431 g/mol. The number of aliphatic hydroxyl groups is 1. The van der Waals surface area contributed by atoms with Crippen LogP contribution in [0.5, 0.6) is 5.75 Å². The number of carbonyl (C=O) groups is 2. The first-order chi connectivity index (χ1) is 15.5. The Morgan fingerprint density at radius 3 is 2.38 bits per heavy atom. The Kier molecular flexibility index (Phi) is 6.03. The molecule has 0 bridgehead atoms. The molecule has 0 aromatic heterocycles. The number of rotatable bonds is 6. The summed E-state index contributed by atoms with van der Waals surface area (Å²) < 4.78 is 19.5. The van der Waals surface area contributed by atoms with Crippen LogP contribution in [0.4, 0.5) is 10.1 Å². The minimum atomic E-state index is -0.894. The van der Waals surface area contributed by atoms with E-state index in [1.807, 2.05) is 13.0 Å². The van der Waals surface area contributed by atoms with Gasteiger partial charge in [0.15, 0.2) is 0 Å². The van der Waals surface area contributed by atoms with Gasteiger partial charge in [-0.1, -0.05) is 43.3 Å². The molecule has 1 N–H and O–H groups in total. The Morgan fingerprint density at radius 2 is 1.72 bits per heavy atom. The fraction of sp³-hybridized carbons (Fsp3) is 0.154. The van der Waals surface area contributed by atoms with Gasteiger partial charge in [0.2, 0.25) is 0 Å². The van der Waals surface area contributed by atoms with Gasteiger partial charge < -0.3 is 9.84 Å². The van der Waals surface area contributed by atoms with Crippen molar-refractivity contribution < 1.29 is 23.8 Å². The van der Waals surface area contributed by atoms with Crippen molar-refractivity contribution in [3.63, 3.8) is 0 Å². The number of benzene rings is 3. The molecule has 3 aromatic rings. The molecule has 32 heavy (non-hydrogen) atoms. The highest BCUT2D eigenvalue weighted by atomic mass is 19.1. The Hall–Kier alpha value is -3.93. The quantitative estimate of drug-likeness (QED) is 0.329. The molecule has 162 valence electrons. The fourth-order valence-corrected chi connectivity index (χ4v) is 3.76. The lowest BCUT2D eigenvalue weighted by atomic mass is 9.95. The van der Waals surface area contributed by atoms with Crippen molar-refractivity contribution in [1.29, 1.82) is 0 Å². The van der Waals surface area contributed by atoms with Crippen molar-refractivity contribution in [3.05, 3.63) is 101 Å². The first-order valence-corrected chi connectivity index (χ1v) is 10.4. The highest BCUT2D eigenvalue weighted by Gasteiger charge is 2.46. The molecule has 1 fully saturated rings. The van der Waals surface area contributed by atoms with E-state index >= 15 is 0 Å². The third-order valence-corrected chi connectivity index (χ3v) is 5.25. The van der Waals surface area contributed by atoms with Crippen LogP contribution in [0.2, 0.25) is 0 Å². The predicted molar refractivity (Wildman–Crippen MR) is 120 cm³/mol. The van der Waals surface area contributed by atoms with E-state index < -0.39 is 23.5 Å². The third kappa shape index (κ3) is 3.99. The average molecular weight is 431 g/mol. The van der Waals surface area contributed by atoms with Crippen molar-refractivity contribution in [2.24, 2.45) is 0 Å². The Balaban J connectivity index is 1.84. The van der Waals surface area contributed by atoms with Crippen LogP contribution in [-0.4, -0.2) is 23.4 Å². The number of amides is 1. The molecular weight excluding hydrogens is 409 g/mol. The second-order valence-corrected chi connectivity index (χ2v) is 7.43. The number of anilines is 1. The zero-order valence-corrected chi connectivity index (χ0v) is 17.5. The minimum Gasteiger partial charge on any atom is -0.507 e. The van der Waals surface area contributed by atoms with Gasteiger partial charge in [0, 0.05) is 11.3 Å². The normalized spacial score (nSPS) is 17.6. The van der Waals surface area contributed by atoms with E-state index in [1.165, 1.54) is 23.1 Å². The minimum absolute atomic E-state index is 0.0484. The maximum Gasteiger partial charge on any atom is 0.300 e. The van der Waals surface area contributed by atoms with Gasteiger partial charge in [-0.2, -0.15) is 0 Å². The summed E-state index contributed by atoms with van der Waals surface area (Å²) in [5.74, 6) is -1.83. The molecule has 1 amide bonds. The Bertz CT molecular complexity index is 1170. The average Bonchev–Trinajstić information content (AvgIpc) is 3.08. The molecule has 4 rings (SSSR count). The molecular formula is C26H22FNO4. The van der Waals surface area contributed by atoms with Gasteiger partial charge in [0.05, 0.1) is 18.2 Å². The fourth-order valence-electron chi connectivity index (χ4n) is 3.76. The summed E-state index contributed by atoms with van der Waals surface area (Å²) in [5, 5.41) is 11.1. The Labute approximate surface area is 185 Å². The SMILES string of the molecule is CCCOc1ccc(/C(O)=C2\C(=O)C(=O)N(c3cccc(F)c3)C2c2ccccc2)cc1. The van der Waals surface area contributed by atoms with E-state index in [0.717, 1.165) is 6.42 Å². The number of aliphatic hydroxyl groups excluding tert-OH is 1. The standard InChI is InChI=1S/C26H22FNO4/c1-2-15-32-21-13-11-18(12-14-21)24(29)22-23(17-7-4-3-5-8-17)28(26(31)25(22)30)20-10-6-9-19(27)16-20/h3-14,16,23,29H,2,15H2,1H3/b24-22+. The molecule has 0 radical (unpaired) electrons. The van der Waals surface area contributed by atoms with E-state index in [9.17, 15) is 19.1 Å². The van der Waals surface area contributed by atoms with Crippen molar-refractivity contribution in [1.82, 2.24) is 0 Å². The van der Waals surface area contributed by atoms with Crippen molar-refractivity contribution in [2.45, 2.75) is 19.4 Å². The summed E-state index contributed by atoms with van der Waals surface area (Å²) in [6.45, 7) is 2.57. The van der Waals surface area contributed by atoms with Crippen molar-refractivity contribution in [2.75, 3.05) is 11.5 Å². The Morgan fingerprint density at radius 1 is 1.00 bits per heavy atom. The molecule has 1 saturated heterocycles. The first-order valence-electron chi connectivity index (χ1n) is 10.4. The van der Waals surface area contributed by atoms with Gasteiger partial charge in [-0.05, 0) is 54.4 Å². The van der Waals surface area contributed by atoms with Crippen LogP contribution in [0.15, 0.2) is 84.4 Å². The lowest BCUT2D eigenvalue weighted by Crippen LogP contribution is -2.29. The smallest absolute Gasteiger partial charge is 0.300 e. The van der Waals surface area contributed by atoms with Crippen LogP contribution >= 0.6 is 0 Å². The molecule has 0 aliphatic carbocycles. The molecule has 6 heteroatoms. The highest BCUT2D eigenvalue weighted by Crippen LogP contribution is 2.42. The van der Waals surface area contributed by atoms with Gasteiger partial charge in [-0.3, -0.25) is 14.5 Å². The summed E-state index contributed by atoms with van der Waals surface area (Å²) in [7, 11) is 0. The van der Waals surface area contributed by atoms with Crippen LogP contribution in [0.1, 0.15) is 30.5 Å². The lowest BCUT2D eigenvalue weighted by molar-refractivity contribution is -0.132. The van der Waals surface area contributed by atoms with Crippen LogP contribution in [0, 0.1) is 5.82 Å². The maximum atomic E-state index is 13.9. The van der Waals surface area contributed by atoms with E-state index in [-0.39, 0.29) is 17.0 Å². The molecule has 3 aromatic carbocycles. The number of nitrogens with zero attached hydrogens (tertiary/aromatic N) is 1. The van der Waals surface area contributed by atoms with Gasteiger partial charge in [0.25, 0.3) is 11.7 Å². The summed E-state index contributed by atoms with van der Waals surface area (Å²) in [6, 6.07) is 20.2. The van der Waals surface area contributed by atoms with Crippen molar-refractivity contribution >= 4 is 23.1 Å². The second-order valence-electron chi connectivity index (χ2n) is 7.43. The van der Waals surface area contributed by atoms with E-state index in [4.69, 9.17) is 4.74 Å². The summed E-state index contributed by atoms with van der Waals surface area (Å²) in [4.78, 5) is 27.3. The summed E-state index contributed by atoms with van der Waals surface area (Å²) in [6.07, 6.45) is 0.863. The zero-order valence-electron chi connectivity index (χ0n) is 17.5. The number of ketones is 1.